The van der Waals surface area contributed by atoms with E-state index in [4.69, 9.17) is 4.74 Å². The van der Waals surface area contributed by atoms with E-state index in [0.717, 1.165) is 0 Å². The number of ether oxygens (including phenoxy) is 2. The fraction of sp³-hybridized carbons (Fsp3) is 0.818. The molecule has 0 spiro atoms. The summed E-state index contributed by atoms with van der Waals surface area (Å²) in [4.78, 5) is 23.1. The van der Waals surface area contributed by atoms with E-state index in [1.54, 1.807) is 20.8 Å². The topological polar surface area (TPSA) is 64.6 Å². The molecule has 0 radical (unpaired) electrons. The number of carbonyl (C=O) groups is 2. The SMILES string of the molecule is COC(=O)[C@@]1(NC(=O)OC(C)(C)C)C[C@H]1C. The fourth-order valence-electron chi connectivity index (χ4n) is 1.60. The summed E-state index contributed by atoms with van der Waals surface area (Å²) < 4.78 is 9.77. The van der Waals surface area contributed by atoms with Gasteiger partial charge in [-0.25, -0.2) is 9.59 Å². The van der Waals surface area contributed by atoms with Gasteiger partial charge in [-0.1, -0.05) is 6.92 Å². The molecule has 0 aromatic heterocycles. The van der Waals surface area contributed by atoms with Crippen LogP contribution in [0.3, 0.4) is 0 Å². The van der Waals surface area contributed by atoms with Crippen molar-refractivity contribution in [1.29, 1.82) is 0 Å². The predicted octanol–water partition coefficient (Wildman–Crippen LogP) is 1.46. The summed E-state index contributed by atoms with van der Waals surface area (Å²) in [5.41, 5.74) is -1.45. The van der Waals surface area contributed by atoms with Gasteiger partial charge in [-0.2, -0.15) is 0 Å². The first-order valence-corrected chi connectivity index (χ1v) is 5.31. The Morgan fingerprint density at radius 2 is 1.88 bits per heavy atom. The third-order valence-corrected chi connectivity index (χ3v) is 2.58. The van der Waals surface area contributed by atoms with E-state index in [0.29, 0.717) is 6.42 Å². The molecule has 1 rings (SSSR count). The van der Waals surface area contributed by atoms with Crippen molar-refractivity contribution in [3.63, 3.8) is 0 Å². The van der Waals surface area contributed by atoms with Gasteiger partial charge in [-0.05, 0) is 33.1 Å². The standard InChI is InChI=1S/C11H19NO4/c1-7-6-11(7,8(13)15-5)12-9(14)16-10(2,3)4/h7H,6H2,1-5H3,(H,12,14)/t7-,11-/m1/s1. The fourth-order valence-corrected chi connectivity index (χ4v) is 1.60. The van der Waals surface area contributed by atoms with Crippen LogP contribution >= 0.6 is 0 Å². The van der Waals surface area contributed by atoms with Gasteiger partial charge in [0.15, 0.2) is 0 Å². The van der Waals surface area contributed by atoms with Crippen molar-refractivity contribution in [3.05, 3.63) is 0 Å². The van der Waals surface area contributed by atoms with Crippen molar-refractivity contribution < 1.29 is 19.1 Å². The van der Waals surface area contributed by atoms with Gasteiger partial charge in [0.25, 0.3) is 0 Å². The van der Waals surface area contributed by atoms with Crippen LogP contribution in [0.2, 0.25) is 0 Å². The lowest BCUT2D eigenvalue weighted by Gasteiger charge is -2.22. The molecule has 0 aliphatic heterocycles. The highest BCUT2D eigenvalue weighted by molar-refractivity contribution is 5.89. The van der Waals surface area contributed by atoms with E-state index < -0.39 is 23.2 Å². The van der Waals surface area contributed by atoms with Gasteiger partial charge in [0.2, 0.25) is 0 Å². The predicted molar refractivity (Wildman–Crippen MR) is 57.9 cm³/mol. The smallest absolute Gasteiger partial charge is 0.408 e. The molecule has 2 atom stereocenters. The molecule has 0 aromatic carbocycles. The van der Waals surface area contributed by atoms with Gasteiger partial charge in [-0.15, -0.1) is 0 Å². The Bertz CT molecular complexity index is 308. The Hall–Kier alpha value is -1.26. The Morgan fingerprint density at radius 3 is 2.19 bits per heavy atom. The second kappa shape index (κ2) is 3.96. The molecule has 0 saturated heterocycles. The Labute approximate surface area is 95.5 Å². The molecule has 0 heterocycles. The minimum absolute atomic E-state index is 0.0902. The summed E-state index contributed by atoms with van der Waals surface area (Å²) in [5, 5.41) is 2.59. The molecule has 1 aliphatic carbocycles. The van der Waals surface area contributed by atoms with Gasteiger partial charge < -0.3 is 14.8 Å². The number of alkyl carbamates (subject to hydrolysis) is 1. The van der Waals surface area contributed by atoms with E-state index in [-0.39, 0.29) is 5.92 Å². The number of amides is 1. The first kappa shape index (κ1) is 12.8. The number of carbonyl (C=O) groups excluding carboxylic acids is 2. The largest absolute Gasteiger partial charge is 0.467 e. The average Bonchev–Trinajstić information content (AvgIpc) is 2.72. The second-order valence-corrected chi connectivity index (χ2v) is 5.19. The second-order valence-electron chi connectivity index (χ2n) is 5.19. The zero-order valence-electron chi connectivity index (χ0n) is 10.4. The van der Waals surface area contributed by atoms with Gasteiger partial charge in [-0.3, -0.25) is 0 Å². The molecule has 1 amide bonds. The van der Waals surface area contributed by atoms with Gasteiger partial charge >= 0.3 is 12.1 Å². The molecule has 0 unspecified atom stereocenters. The number of esters is 1. The Morgan fingerprint density at radius 1 is 1.38 bits per heavy atom. The number of hydrogen-bond donors (Lipinski definition) is 1. The van der Waals surface area contributed by atoms with E-state index in [2.05, 4.69) is 10.1 Å². The van der Waals surface area contributed by atoms with E-state index in [1.165, 1.54) is 7.11 Å². The maximum Gasteiger partial charge on any atom is 0.408 e. The highest BCUT2D eigenvalue weighted by Crippen LogP contribution is 2.44. The van der Waals surface area contributed by atoms with Crippen molar-refractivity contribution >= 4 is 12.1 Å². The summed E-state index contributed by atoms with van der Waals surface area (Å²) >= 11 is 0. The molecule has 5 heteroatoms. The van der Waals surface area contributed by atoms with Crippen molar-refractivity contribution in [1.82, 2.24) is 5.32 Å². The maximum atomic E-state index is 11.5. The zero-order chi connectivity index (χ0) is 12.6. The summed E-state index contributed by atoms with van der Waals surface area (Å²) in [6, 6.07) is 0. The first-order chi connectivity index (χ1) is 7.21. The van der Waals surface area contributed by atoms with Crippen LogP contribution in [0.15, 0.2) is 0 Å². The van der Waals surface area contributed by atoms with E-state index >= 15 is 0 Å². The highest BCUT2D eigenvalue weighted by Gasteiger charge is 2.60. The maximum absolute atomic E-state index is 11.5. The summed E-state index contributed by atoms with van der Waals surface area (Å²) in [5.74, 6) is -0.321. The highest BCUT2D eigenvalue weighted by atomic mass is 16.6. The molecule has 1 N–H and O–H groups in total. The minimum Gasteiger partial charge on any atom is -0.467 e. The number of hydrogen-bond acceptors (Lipinski definition) is 4. The molecule has 92 valence electrons. The van der Waals surface area contributed by atoms with Crippen LogP contribution in [0.4, 0.5) is 4.79 Å². The molecule has 16 heavy (non-hydrogen) atoms. The van der Waals surface area contributed by atoms with Crippen LogP contribution < -0.4 is 5.32 Å². The van der Waals surface area contributed by atoms with Crippen LogP contribution in [0.25, 0.3) is 0 Å². The zero-order valence-corrected chi connectivity index (χ0v) is 10.4. The van der Waals surface area contributed by atoms with Gasteiger partial charge in [0.1, 0.15) is 11.1 Å². The molecule has 1 fully saturated rings. The minimum atomic E-state index is -0.878. The molecular weight excluding hydrogens is 210 g/mol. The molecule has 1 aliphatic rings. The van der Waals surface area contributed by atoms with Gasteiger partial charge in [0.05, 0.1) is 7.11 Å². The average molecular weight is 229 g/mol. The molecule has 1 saturated carbocycles. The van der Waals surface area contributed by atoms with Crippen LogP contribution in [0.5, 0.6) is 0 Å². The molecule has 5 nitrogen and oxygen atoms in total. The number of methoxy groups -OCH3 is 1. The Balaban J connectivity index is 2.59. The summed E-state index contributed by atoms with van der Waals surface area (Å²) in [6.45, 7) is 7.20. The normalized spacial score (nSPS) is 28.2. The quantitative estimate of drug-likeness (QED) is 0.728. The molecule has 0 bridgehead atoms. The third-order valence-electron chi connectivity index (χ3n) is 2.58. The van der Waals surface area contributed by atoms with Crippen LogP contribution in [-0.4, -0.2) is 30.3 Å². The lowest BCUT2D eigenvalue weighted by molar-refractivity contribution is -0.144. The lowest BCUT2D eigenvalue weighted by atomic mass is 10.2. The lowest BCUT2D eigenvalue weighted by Crippen LogP contribution is -2.47. The summed E-state index contributed by atoms with van der Waals surface area (Å²) in [7, 11) is 1.31. The van der Waals surface area contributed by atoms with Crippen LogP contribution in [-0.2, 0) is 14.3 Å². The van der Waals surface area contributed by atoms with Crippen LogP contribution in [0.1, 0.15) is 34.1 Å². The first-order valence-electron chi connectivity index (χ1n) is 5.31. The molecule has 0 aromatic rings. The van der Waals surface area contributed by atoms with Crippen molar-refractivity contribution in [2.24, 2.45) is 5.92 Å². The van der Waals surface area contributed by atoms with E-state index in [1.807, 2.05) is 6.92 Å². The summed E-state index contributed by atoms with van der Waals surface area (Å²) in [6.07, 6.45) is 0.0149. The van der Waals surface area contributed by atoms with Crippen molar-refractivity contribution in [3.8, 4) is 0 Å². The third kappa shape index (κ3) is 2.65. The van der Waals surface area contributed by atoms with Crippen molar-refractivity contribution in [2.75, 3.05) is 7.11 Å². The van der Waals surface area contributed by atoms with E-state index in [9.17, 15) is 9.59 Å². The van der Waals surface area contributed by atoms with Crippen molar-refractivity contribution in [2.45, 2.75) is 45.3 Å². The molecular formula is C11H19NO4. The van der Waals surface area contributed by atoms with Crippen LogP contribution in [0, 0.1) is 5.92 Å². The Kier molecular flexibility index (Phi) is 3.17. The van der Waals surface area contributed by atoms with Gasteiger partial charge in [0, 0.05) is 0 Å². The number of nitrogens with one attached hydrogen (secondary N) is 1. The number of rotatable bonds is 2. The monoisotopic (exact) mass is 229 g/mol.